The van der Waals surface area contributed by atoms with Crippen LogP contribution in [0.4, 0.5) is 0 Å². The second-order valence-corrected chi connectivity index (χ2v) is 9.05. The zero-order valence-electron chi connectivity index (χ0n) is 13.4. The van der Waals surface area contributed by atoms with Crippen LogP contribution in [0.1, 0.15) is 64.7 Å². The van der Waals surface area contributed by atoms with Crippen molar-refractivity contribution in [1.82, 2.24) is 0 Å². The first-order valence-electron chi connectivity index (χ1n) is 8.07. The van der Waals surface area contributed by atoms with Crippen molar-refractivity contribution in [2.24, 2.45) is 0 Å². The van der Waals surface area contributed by atoms with Crippen LogP contribution in [0.2, 0.25) is 0 Å². The van der Waals surface area contributed by atoms with Crippen LogP contribution < -0.4 is 0 Å². The Bertz CT molecular complexity index is 371. The summed E-state index contributed by atoms with van der Waals surface area (Å²) < 4.78 is -0.975. The van der Waals surface area contributed by atoms with E-state index in [1.807, 2.05) is 0 Å². The van der Waals surface area contributed by atoms with Crippen LogP contribution in [0, 0.1) is 0 Å². The van der Waals surface area contributed by atoms with E-state index in [9.17, 15) is 4.79 Å². The summed E-state index contributed by atoms with van der Waals surface area (Å²) in [5, 5.41) is 8.92. The number of carboxylic acid groups (broad SMARTS) is 1. The molecule has 0 saturated heterocycles. The Morgan fingerprint density at radius 1 is 0.909 bits per heavy atom. The van der Waals surface area contributed by atoms with Crippen LogP contribution in [0.3, 0.4) is 0 Å². The van der Waals surface area contributed by atoms with Crippen molar-refractivity contribution in [1.29, 1.82) is 0 Å². The topological polar surface area (TPSA) is 37.3 Å². The zero-order valence-corrected chi connectivity index (χ0v) is 16.6. The smallest absolute Gasteiger partial charge is 0.331 e. The first kappa shape index (κ1) is 21.6. The van der Waals surface area contributed by atoms with Gasteiger partial charge in [-0.25, -0.2) is 4.79 Å². The molecule has 0 aromatic heterocycles. The van der Waals surface area contributed by atoms with Crippen molar-refractivity contribution >= 4 is 37.8 Å². The SMILES string of the molecule is CCCCC/C=C\C/C=C\C/C=C\CCCC(Br)(Br)C(=O)O. The number of unbranched alkanes of at least 4 members (excludes halogenated alkanes) is 4. The quantitative estimate of drug-likeness (QED) is 0.197. The molecule has 0 aliphatic rings. The molecule has 0 saturated carbocycles. The molecule has 0 fully saturated rings. The van der Waals surface area contributed by atoms with Gasteiger partial charge in [-0.3, -0.25) is 0 Å². The summed E-state index contributed by atoms with van der Waals surface area (Å²) in [5.74, 6) is -0.873. The number of carboxylic acids is 1. The van der Waals surface area contributed by atoms with Gasteiger partial charge in [0.1, 0.15) is 0 Å². The molecular formula is C18H28Br2O2. The van der Waals surface area contributed by atoms with Gasteiger partial charge in [0.2, 0.25) is 0 Å². The molecule has 0 heterocycles. The maximum absolute atomic E-state index is 10.9. The van der Waals surface area contributed by atoms with Gasteiger partial charge in [0.05, 0.1) is 0 Å². The Morgan fingerprint density at radius 3 is 1.91 bits per heavy atom. The first-order chi connectivity index (χ1) is 10.5. The molecule has 0 amide bonds. The molecule has 1 N–H and O–H groups in total. The van der Waals surface area contributed by atoms with E-state index in [4.69, 9.17) is 5.11 Å². The van der Waals surface area contributed by atoms with Crippen LogP contribution in [-0.2, 0) is 4.79 Å². The molecule has 0 atom stereocenters. The maximum Gasteiger partial charge on any atom is 0.331 e. The van der Waals surface area contributed by atoms with Crippen molar-refractivity contribution < 1.29 is 9.90 Å². The third-order valence-corrected chi connectivity index (χ3v) is 4.66. The lowest BCUT2D eigenvalue weighted by atomic mass is 10.1. The second kappa shape index (κ2) is 14.3. The van der Waals surface area contributed by atoms with Gasteiger partial charge in [-0.2, -0.15) is 0 Å². The molecule has 0 aliphatic carbocycles. The molecule has 126 valence electrons. The number of aliphatic carboxylic acids is 1. The summed E-state index contributed by atoms with van der Waals surface area (Å²) in [6, 6.07) is 0. The number of allylic oxidation sites excluding steroid dienone is 6. The highest BCUT2D eigenvalue weighted by Crippen LogP contribution is 2.32. The number of carbonyl (C=O) groups is 1. The van der Waals surface area contributed by atoms with Crippen LogP contribution >= 0.6 is 31.9 Å². The van der Waals surface area contributed by atoms with E-state index in [1.165, 1.54) is 25.7 Å². The molecule has 0 unspecified atom stereocenters. The van der Waals surface area contributed by atoms with Crippen molar-refractivity contribution in [2.75, 3.05) is 0 Å². The van der Waals surface area contributed by atoms with E-state index in [2.05, 4.69) is 75.2 Å². The molecule has 0 radical (unpaired) electrons. The van der Waals surface area contributed by atoms with E-state index in [0.29, 0.717) is 6.42 Å². The summed E-state index contributed by atoms with van der Waals surface area (Å²) in [6.07, 6.45) is 22.4. The molecule has 0 bridgehead atoms. The minimum Gasteiger partial charge on any atom is -0.480 e. The number of hydrogen-bond acceptors (Lipinski definition) is 1. The minimum absolute atomic E-state index is 0.561. The van der Waals surface area contributed by atoms with Crippen molar-refractivity contribution in [2.45, 2.75) is 67.9 Å². The highest BCUT2D eigenvalue weighted by atomic mass is 79.9. The predicted octanol–water partition coefficient (Wildman–Crippen LogP) is 6.76. The molecule has 0 aromatic carbocycles. The fraction of sp³-hybridized carbons (Fsp3) is 0.611. The van der Waals surface area contributed by atoms with Gasteiger partial charge in [-0.15, -0.1) is 0 Å². The van der Waals surface area contributed by atoms with Gasteiger partial charge in [0, 0.05) is 0 Å². The van der Waals surface area contributed by atoms with E-state index in [0.717, 1.165) is 25.7 Å². The molecule has 0 aliphatic heterocycles. The number of rotatable bonds is 13. The molecule has 0 aromatic rings. The third-order valence-electron chi connectivity index (χ3n) is 3.19. The van der Waals surface area contributed by atoms with Gasteiger partial charge in [0.25, 0.3) is 0 Å². The third kappa shape index (κ3) is 13.3. The van der Waals surface area contributed by atoms with Crippen molar-refractivity contribution in [3.63, 3.8) is 0 Å². The molecule has 22 heavy (non-hydrogen) atoms. The van der Waals surface area contributed by atoms with Gasteiger partial charge in [-0.1, -0.05) is 88.1 Å². The van der Waals surface area contributed by atoms with Crippen molar-refractivity contribution in [3.8, 4) is 0 Å². The fourth-order valence-corrected chi connectivity index (χ4v) is 2.40. The zero-order chi connectivity index (χ0) is 16.7. The number of alkyl halides is 2. The fourth-order valence-electron chi connectivity index (χ4n) is 1.84. The standard InChI is InChI=1S/C18H28Br2O2/c1-2-3-4-5-6-7-8-9-10-11-12-13-14-15-16-18(19,20)17(21)22/h6-7,9-10,12-13H,2-5,8,11,14-16H2,1H3,(H,21,22)/b7-6-,10-9-,13-12-. The lowest BCUT2D eigenvalue weighted by Gasteiger charge is -2.13. The van der Waals surface area contributed by atoms with Crippen LogP contribution in [0.15, 0.2) is 36.5 Å². The van der Waals surface area contributed by atoms with Gasteiger partial charge in [0.15, 0.2) is 3.23 Å². The second-order valence-electron chi connectivity index (χ2n) is 5.28. The predicted molar refractivity (Wildman–Crippen MR) is 103 cm³/mol. The van der Waals surface area contributed by atoms with E-state index >= 15 is 0 Å². The highest BCUT2D eigenvalue weighted by Gasteiger charge is 2.30. The Hall–Kier alpha value is -0.350. The summed E-state index contributed by atoms with van der Waals surface area (Å²) >= 11 is 6.32. The molecular weight excluding hydrogens is 408 g/mol. The largest absolute Gasteiger partial charge is 0.480 e. The molecule has 2 nitrogen and oxygen atoms in total. The van der Waals surface area contributed by atoms with Crippen LogP contribution in [0.5, 0.6) is 0 Å². The highest BCUT2D eigenvalue weighted by molar-refractivity contribution is 9.25. The van der Waals surface area contributed by atoms with E-state index < -0.39 is 9.20 Å². The summed E-state index contributed by atoms with van der Waals surface area (Å²) in [6.45, 7) is 2.22. The maximum atomic E-state index is 10.9. The Balaban J connectivity index is 3.54. The summed E-state index contributed by atoms with van der Waals surface area (Å²) in [7, 11) is 0. The normalized spacial score (nSPS) is 12.9. The van der Waals surface area contributed by atoms with E-state index in [-0.39, 0.29) is 0 Å². The van der Waals surface area contributed by atoms with E-state index in [1.54, 1.807) is 0 Å². The average molecular weight is 436 g/mol. The summed E-state index contributed by atoms with van der Waals surface area (Å²) in [4.78, 5) is 10.9. The lowest BCUT2D eigenvalue weighted by Crippen LogP contribution is -2.23. The Morgan fingerprint density at radius 2 is 1.41 bits per heavy atom. The van der Waals surface area contributed by atoms with Gasteiger partial charge < -0.3 is 5.11 Å². The van der Waals surface area contributed by atoms with Crippen LogP contribution in [0.25, 0.3) is 0 Å². The lowest BCUT2D eigenvalue weighted by molar-refractivity contribution is -0.137. The Kier molecular flexibility index (Phi) is 14.0. The first-order valence-corrected chi connectivity index (χ1v) is 9.65. The van der Waals surface area contributed by atoms with Crippen molar-refractivity contribution in [3.05, 3.63) is 36.5 Å². The van der Waals surface area contributed by atoms with Gasteiger partial charge >= 0.3 is 5.97 Å². The monoisotopic (exact) mass is 434 g/mol. The Labute approximate surface area is 152 Å². The summed E-state index contributed by atoms with van der Waals surface area (Å²) in [5.41, 5.74) is 0. The minimum atomic E-state index is -0.975. The van der Waals surface area contributed by atoms with Crippen LogP contribution in [-0.4, -0.2) is 14.3 Å². The molecule has 0 rings (SSSR count). The molecule has 0 spiro atoms. The van der Waals surface area contributed by atoms with Gasteiger partial charge in [-0.05, 0) is 44.9 Å². The average Bonchev–Trinajstić information content (AvgIpc) is 2.47. The number of hydrogen-bond donors (Lipinski definition) is 1. The number of halogens is 2. The molecule has 4 heteroatoms.